The molecule has 2 aliphatic rings. The molecule has 0 unspecified atom stereocenters. The minimum absolute atomic E-state index is 0.144. The SMILES string of the molecule is COc1cc(-c2nnc3n([C@@H](C)c4ccc(C)cc4)cccc2-3)ccc1-n1cnc(C)c1. The molecule has 0 saturated heterocycles. The molecule has 1 atom stereocenters. The van der Waals surface area contributed by atoms with Crippen LogP contribution in [0.25, 0.3) is 28.3 Å². The Morgan fingerprint density at radius 2 is 1.78 bits per heavy atom. The van der Waals surface area contributed by atoms with Crippen LogP contribution in [-0.4, -0.2) is 31.4 Å². The number of fused-ring (bicyclic) bond motifs is 1. The average molecular weight is 424 g/mol. The van der Waals surface area contributed by atoms with E-state index in [0.717, 1.165) is 39.8 Å². The highest BCUT2D eigenvalue weighted by Gasteiger charge is 2.21. The average Bonchev–Trinajstić information content (AvgIpc) is 3.45. The van der Waals surface area contributed by atoms with Gasteiger partial charge in [-0.15, -0.1) is 10.2 Å². The maximum Gasteiger partial charge on any atom is 0.165 e. The number of imidazole rings is 1. The lowest BCUT2D eigenvalue weighted by Crippen LogP contribution is -2.10. The Balaban J connectivity index is 1.53. The maximum absolute atomic E-state index is 5.69. The molecule has 2 aliphatic heterocycles. The van der Waals surface area contributed by atoms with Crippen LogP contribution in [0.4, 0.5) is 0 Å². The van der Waals surface area contributed by atoms with Crippen molar-refractivity contribution in [2.24, 2.45) is 0 Å². The van der Waals surface area contributed by atoms with Gasteiger partial charge in [0, 0.05) is 23.5 Å². The second-order valence-corrected chi connectivity index (χ2v) is 8.10. The van der Waals surface area contributed by atoms with E-state index < -0.39 is 0 Å². The number of methoxy groups -OCH3 is 1. The molecular formula is C26H25N5O. The zero-order valence-electron chi connectivity index (χ0n) is 18.6. The minimum Gasteiger partial charge on any atom is -0.495 e. The number of benzene rings is 2. The zero-order chi connectivity index (χ0) is 22.2. The molecule has 0 aliphatic carbocycles. The van der Waals surface area contributed by atoms with Crippen molar-refractivity contribution in [3.8, 4) is 34.1 Å². The van der Waals surface area contributed by atoms with Crippen LogP contribution in [0.5, 0.6) is 5.75 Å². The normalized spacial score (nSPS) is 12.2. The molecule has 32 heavy (non-hydrogen) atoms. The van der Waals surface area contributed by atoms with Crippen LogP contribution in [-0.2, 0) is 0 Å². The fourth-order valence-electron chi connectivity index (χ4n) is 4.08. The van der Waals surface area contributed by atoms with Crippen LogP contribution in [0.1, 0.15) is 29.8 Å². The van der Waals surface area contributed by atoms with Gasteiger partial charge in [-0.25, -0.2) is 4.98 Å². The number of rotatable bonds is 5. The van der Waals surface area contributed by atoms with Gasteiger partial charge in [-0.1, -0.05) is 35.9 Å². The second-order valence-electron chi connectivity index (χ2n) is 8.10. The summed E-state index contributed by atoms with van der Waals surface area (Å²) in [7, 11) is 1.68. The van der Waals surface area contributed by atoms with Crippen molar-refractivity contribution >= 4 is 0 Å². The van der Waals surface area contributed by atoms with Crippen molar-refractivity contribution in [1.82, 2.24) is 24.3 Å². The lowest BCUT2D eigenvalue weighted by atomic mass is 10.0. The number of ether oxygens (including phenoxy) is 1. The lowest BCUT2D eigenvalue weighted by molar-refractivity contribution is 0.413. The van der Waals surface area contributed by atoms with Crippen LogP contribution < -0.4 is 4.74 Å². The molecule has 160 valence electrons. The number of aryl methyl sites for hydroxylation is 2. The number of hydrogen-bond acceptors (Lipinski definition) is 4. The minimum atomic E-state index is 0.144. The lowest BCUT2D eigenvalue weighted by Gasteiger charge is -2.19. The van der Waals surface area contributed by atoms with E-state index in [1.165, 1.54) is 11.1 Å². The first-order valence-corrected chi connectivity index (χ1v) is 10.6. The summed E-state index contributed by atoms with van der Waals surface area (Å²) in [5.74, 6) is 1.62. The Morgan fingerprint density at radius 1 is 0.969 bits per heavy atom. The van der Waals surface area contributed by atoms with Gasteiger partial charge in [0.2, 0.25) is 0 Å². The van der Waals surface area contributed by atoms with Crippen LogP contribution in [0.15, 0.2) is 73.3 Å². The standard InChI is InChI=1S/C26H25N5O/c1-17-7-9-20(10-8-17)19(3)31-13-5-6-22-25(28-29-26(22)31)21-11-12-23(24(14-21)32-4)30-15-18(2)27-16-30/h5-16,19H,1-4H3/t19-/m0/s1. The summed E-state index contributed by atoms with van der Waals surface area (Å²) < 4.78 is 9.83. The Morgan fingerprint density at radius 3 is 2.50 bits per heavy atom. The third-order valence-electron chi connectivity index (χ3n) is 5.91. The monoisotopic (exact) mass is 423 g/mol. The number of hydrogen-bond donors (Lipinski definition) is 0. The van der Waals surface area contributed by atoms with Gasteiger partial charge in [0.25, 0.3) is 0 Å². The molecule has 1 aromatic heterocycles. The van der Waals surface area contributed by atoms with Gasteiger partial charge >= 0.3 is 0 Å². The van der Waals surface area contributed by atoms with Gasteiger partial charge in [0.05, 0.1) is 30.9 Å². The fraction of sp³-hybridized carbons (Fsp3) is 0.192. The van der Waals surface area contributed by atoms with Crippen molar-refractivity contribution in [3.63, 3.8) is 0 Å². The smallest absolute Gasteiger partial charge is 0.165 e. The highest BCUT2D eigenvalue weighted by atomic mass is 16.5. The Labute approximate surface area is 187 Å². The Kier molecular flexibility index (Phi) is 4.98. The van der Waals surface area contributed by atoms with Gasteiger partial charge < -0.3 is 13.9 Å². The molecule has 3 aromatic rings. The number of pyridine rings is 1. The molecule has 0 saturated carbocycles. The van der Waals surface area contributed by atoms with Gasteiger partial charge in [0.1, 0.15) is 11.4 Å². The van der Waals surface area contributed by atoms with E-state index in [1.807, 2.05) is 29.8 Å². The number of nitrogens with zero attached hydrogens (tertiary/aromatic N) is 5. The van der Waals surface area contributed by atoms with Gasteiger partial charge in [0.15, 0.2) is 5.82 Å². The first-order valence-electron chi connectivity index (χ1n) is 10.6. The van der Waals surface area contributed by atoms with Gasteiger partial charge in [-0.2, -0.15) is 0 Å². The first kappa shape index (κ1) is 20.0. The predicted molar refractivity (Wildman–Crippen MR) is 125 cm³/mol. The van der Waals surface area contributed by atoms with E-state index in [4.69, 9.17) is 4.74 Å². The van der Waals surface area contributed by atoms with E-state index in [9.17, 15) is 0 Å². The van der Waals surface area contributed by atoms with Crippen molar-refractivity contribution in [3.05, 3.63) is 90.1 Å². The van der Waals surface area contributed by atoms with Crippen LogP contribution in [0, 0.1) is 13.8 Å². The molecule has 0 spiro atoms. The summed E-state index contributed by atoms with van der Waals surface area (Å²) >= 11 is 0. The number of aromatic nitrogens is 5. The Bertz CT molecular complexity index is 1350. The molecule has 0 bridgehead atoms. The zero-order valence-corrected chi connectivity index (χ0v) is 18.6. The van der Waals surface area contributed by atoms with E-state index >= 15 is 0 Å². The molecule has 6 heteroatoms. The molecule has 0 N–H and O–H groups in total. The van der Waals surface area contributed by atoms with E-state index in [2.05, 4.69) is 82.3 Å². The molecule has 3 heterocycles. The third kappa shape index (κ3) is 3.43. The van der Waals surface area contributed by atoms with Crippen molar-refractivity contribution < 1.29 is 4.74 Å². The summed E-state index contributed by atoms with van der Waals surface area (Å²) in [6.45, 7) is 6.25. The highest BCUT2D eigenvalue weighted by molar-refractivity contribution is 5.80. The third-order valence-corrected chi connectivity index (χ3v) is 5.91. The topological polar surface area (TPSA) is 57.8 Å². The van der Waals surface area contributed by atoms with Crippen LogP contribution >= 0.6 is 0 Å². The summed E-state index contributed by atoms with van der Waals surface area (Å²) in [4.78, 5) is 4.32. The highest BCUT2D eigenvalue weighted by Crippen LogP contribution is 2.36. The summed E-state index contributed by atoms with van der Waals surface area (Å²) in [5, 5.41) is 9.11. The fourth-order valence-corrected chi connectivity index (χ4v) is 4.08. The van der Waals surface area contributed by atoms with Crippen molar-refractivity contribution in [2.75, 3.05) is 7.11 Å². The summed E-state index contributed by atoms with van der Waals surface area (Å²) in [5.41, 5.74) is 7.20. The van der Waals surface area contributed by atoms with Crippen molar-refractivity contribution in [1.29, 1.82) is 0 Å². The molecule has 0 radical (unpaired) electrons. The van der Waals surface area contributed by atoms with Gasteiger partial charge in [-0.3, -0.25) is 0 Å². The molecule has 0 fully saturated rings. The quantitative estimate of drug-likeness (QED) is 0.376. The van der Waals surface area contributed by atoms with Crippen molar-refractivity contribution in [2.45, 2.75) is 26.8 Å². The summed E-state index contributed by atoms with van der Waals surface area (Å²) in [6, 6.07) is 19.0. The molecular weight excluding hydrogens is 398 g/mol. The molecule has 6 nitrogen and oxygen atoms in total. The predicted octanol–water partition coefficient (Wildman–Crippen LogP) is 5.47. The summed E-state index contributed by atoms with van der Waals surface area (Å²) in [6.07, 6.45) is 5.83. The van der Waals surface area contributed by atoms with E-state index in [-0.39, 0.29) is 6.04 Å². The first-order chi connectivity index (χ1) is 15.5. The van der Waals surface area contributed by atoms with Gasteiger partial charge in [-0.05, 0) is 50.6 Å². The van der Waals surface area contributed by atoms with Crippen LogP contribution in [0.3, 0.4) is 0 Å². The van der Waals surface area contributed by atoms with Crippen LogP contribution in [0.2, 0.25) is 0 Å². The second kappa shape index (κ2) is 7.96. The Hall–Kier alpha value is -3.93. The maximum atomic E-state index is 5.69. The van der Waals surface area contributed by atoms with E-state index in [1.54, 1.807) is 13.4 Å². The van der Waals surface area contributed by atoms with E-state index in [0.29, 0.717) is 0 Å². The molecule has 0 amide bonds. The molecule has 2 aromatic carbocycles. The largest absolute Gasteiger partial charge is 0.495 e. The molecule has 5 rings (SSSR count).